The van der Waals surface area contributed by atoms with Crippen molar-refractivity contribution in [3.8, 4) is 5.75 Å². The summed E-state index contributed by atoms with van der Waals surface area (Å²) in [7, 11) is 0. The maximum Gasteiger partial charge on any atom is 0.265 e. The molecule has 0 N–H and O–H groups in total. The van der Waals surface area contributed by atoms with E-state index in [1.165, 1.54) is 4.90 Å². The minimum Gasteiger partial charge on any atom is -0.482 e. The summed E-state index contributed by atoms with van der Waals surface area (Å²) in [6.45, 7) is 1.69. The molecule has 1 fully saturated rings. The zero-order valence-electron chi connectivity index (χ0n) is 16.3. The van der Waals surface area contributed by atoms with E-state index in [2.05, 4.69) is 20.9 Å². The molecule has 0 radical (unpaired) electrons. The van der Waals surface area contributed by atoms with E-state index in [1.807, 2.05) is 24.3 Å². The van der Waals surface area contributed by atoms with Crippen LogP contribution in [0.4, 0.5) is 5.69 Å². The van der Waals surface area contributed by atoms with Gasteiger partial charge in [-0.2, -0.15) is 0 Å². The molecule has 30 heavy (non-hydrogen) atoms. The molecular formula is C21H21BrN4O4. The Morgan fingerprint density at radius 3 is 2.47 bits per heavy atom. The average molecular weight is 473 g/mol. The molecule has 1 aromatic carbocycles. The zero-order valence-corrected chi connectivity index (χ0v) is 17.9. The van der Waals surface area contributed by atoms with E-state index in [1.54, 1.807) is 28.1 Å². The van der Waals surface area contributed by atoms with E-state index in [0.29, 0.717) is 37.6 Å². The van der Waals surface area contributed by atoms with Gasteiger partial charge in [-0.05, 0) is 30.3 Å². The molecule has 1 aromatic heterocycles. The number of carbonyl (C=O) groups excluding carboxylic acids is 3. The Bertz CT molecular complexity index is 961. The molecule has 2 aromatic rings. The van der Waals surface area contributed by atoms with Crippen LogP contribution in [0.25, 0.3) is 0 Å². The van der Waals surface area contributed by atoms with Crippen molar-refractivity contribution >= 4 is 39.3 Å². The van der Waals surface area contributed by atoms with Crippen LogP contribution in [0.3, 0.4) is 0 Å². The second-order valence-corrected chi connectivity index (χ2v) is 8.06. The predicted octanol–water partition coefficient (Wildman–Crippen LogP) is 1.48. The van der Waals surface area contributed by atoms with Gasteiger partial charge < -0.3 is 14.5 Å². The molecule has 3 heterocycles. The number of piperazine rings is 1. The van der Waals surface area contributed by atoms with Crippen molar-refractivity contribution in [1.82, 2.24) is 14.8 Å². The standard InChI is InChI=1S/C21H21BrN4O4/c22-15-4-5-17-18(11-15)30-14-21(29)26(17)13-20(28)25-9-7-24(8-10-25)19(27)12-16-3-1-2-6-23-16/h1-6,11H,7-10,12-14H2. The van der Waals surface area contributed by atoms with Crippen molar-refractivity contribution in [2.45, 2.75) is 6.42 Å². The number of aromatic nitrogens is 1. The molecule has 8 nitrogen and oxygen atoms in total. The number of hydrogen-bond acceptors (Lipinski definition) is 5. The fourth-order valence-electron chi connectivity index (χ4n) is 3.56. The molecule has 0 unspecified atom stereocenters. The highest BCUT2D eigenvalue weighted by Gasteiger charge is 2.30. The van der Waals surface area contributed by atoms with Gasteiger partial charge in [0.05, 0.1) is 12.1 Å². The third-order valence-corrected chi connectivity index (χ3v) is 5.70. The number of amides is 3. The Morgan fingerprint density at radius 1 is 1.03 bits per heavy atom. The monoisotopic (exact) mass is 472 g/mol. The highest BCUT2D eigenvalue weighted by atomic mass is 79.9. The quantitative estimate of drug-likeness (QED) is 0.672. The van der Waals surface area contributed by atoms with Gasteiger partial charge in [0.25, 0.3) is 5.91 Å². The molecular weight excluding hydrogens is 452 g/mol. The number of benzene rings is 1. The summed E-state index contributed by atoms with van der Waals surface area (Å²) in [4.78, 5) is 46.7. The Balaban J connectivity index is 1.34. The summed E-state index contributed by atoms with van der Waals surface area (Å²) in [6, 6.07) is 10.9. The van der Waals surface area contributed by atoms with Crippen molar-refractivity contribution < 1.29 is 19.1 Å². The number of carbonyl (C=O) groups is 3. The molecule has 156 valence electrons. The number of nitrogens with zero attached hydrogens (tertiary/aromatic N) is 4. The lowest BCUT2D eigenvalue weighted by atomic mass is 10.2. The third-order valence-electron chi connectivity index (χ3n) is 5.20. The first-order chi connectivity index (χ1) is 14.5. The Kier molecular flexibility index (Phi) is 5.98. The second-order valence-electron chi connectivity index (χ2n) is 7.14. The number of anilines is 1. The molecule has 4 rings (SSSR count). The van der Waals surface area contributed by atoms with Gasteiger partial charge >= 0.3 is 0 Å². The molecule has 2 aliphatic heterocycles. The summed E-state index contributed by atoms with van der Waals surface area (Å²) in [5.41, 5.74) is 1.32. The van der Waals surface area contributed by atoms with Gasteiger partial charge in [-0.15, -0.1) is 0 Å². The number of pyridine rings is 1. The summed E-state index contributed by atoms with van der Waals surface area (Å²) in [5, 5.41) is 0. The lowest BCUT2D eigenvalue weighted by Gasteiger charge is -2.36. The second kappa shape index (κ2) is 8.83. The van der Waals surface area contributed by atoms with Crippen molar-refractivity contribution in [2.24, 2.45) is 0 Å². The van der Waals surface area contributed by atoms with Crippen LogP contribution in [0.1, 0.15) is 5.69 Å². The lowest BCUT2D eigenvalue weighted by molar-refractivity contribution is -0.138. The largest absolute Gasteiger partial charge is 0.482 e. The number of rotatable bonds is 4. The molecule has 3 amide bonds. The number of fused-ring (bicyclic) bond motifs is 1. The van der Waals surface area contributed by atoms with Crippen molar-refractivity contribution in [3.63, 3.8) is 0 Å². The maximum absolute atomic E-state index is 12.8. The van der Waals surface area contributed by atoms with Gasteiger partial charge in [-0.3, -0.25) is 24.3 Å². The molecule has 0 spiro atoms. The van der Waals surface area contributed by atoms with Crippen LogP contribution in [0.2, 0.25) is 0 Å². The fourth-order valence-corrected chi connectivity index (χ4v) is 3.90. The van der Waals surface area contributed by atoms with E-state index in [9.17, 15) is 14.4 Å². The predicted molar refractivity (Wildman–Crippen MR) is 113 cm³/mol. The average Bonchev–Trinajstić information content (AvgIpc) is 2.76. The molecule has 0 atom stereocenters. The van der Waals surface area contributed by atoms with Gasteiger partial charge in [-0.25, -0.2) is 0 Å². The molecule has 0 aliphatic carbocycles. The first kappa shape index (κ1) is 20.3. The summed E-state index contributed by atoms with van der Waals surface area (Å²) in [5.74, 6) is 0.184. The first-order valence-electron chi connectivity index (χ1n) is 9.69. The van der Waals surface area contributed by atoms with E-state index in [0.717, 1.165) is 10.2 Å². The highest BCUT2D eigenvalue weighted by Crippen LogP contribution is 2.34. The van der Waals surface area contributed by atoms with Crippen LogP contribution in [0.5, 0.6) is 5.75 Å². The summed E-state index contributed by atoms with van der Waals surface area (Å²) >= 11 is 3.38. The summed E-state index contributed by atoms with van der Waals surface area (Å²) in [6.07, 6.45) is 1.92. The van der Waals surface area contributed by atoms with Crippen LogP contribution >= 0.6 is 15.9 Å². The topological polar surface area (TPSA) is 83.1 Å². The van der Waals surface area contributed by atoms with Crippen LogP contribution in [-0.2, 0) is 20.8 Å². The maximum atomic E-state index is 12.8. The van der Waals surface area contributed by atoms with Crippen LogP contribution < -0.4 is 9.64 Å². The Hall–Kier alpha value is -2.94. The Labute approximate surface area is 182 Å². The minimum absolute atomic E-state index is 0.00339. The highest BCUT2D eigenvalue weighted by molar-refractivity contribution is 9.10. The van der Waals surface area contributed by atoms with Crippen LogP contribution in [0, 0.1) is 0 Å². The lowest BCUT2D eigenvalue weighted by Crippen LogP contribution is -2.54. The zero-order chi connectivity index (χ0) is 21.1. The fraction of sp³-hybridized carbons (Fsp3) is 0.333. The van der Waals surface area contributed by atoms with Gasteiger partial charge in [0.1, 0.15) is 12.3 Å². The third kappa shape index (κ3) is 4.46. The molecule has 9 heteroatoms. The first-order valence-corrected chi connectivity index (χ1v) is 10.5. The van der Waals surface area contributed by atoms with Crippen molar-refractivity contribution in [2.75, 3.05) is 44.2 Å². The van der Waals surface area contributed by atoms with E-state index >= 15 is 0 Å². The van der Waals surface area contributed by atoms with Crippen molar-refractivity contribution in [1.29, 1.82) is 0 Å². The van der Waals surface area contributed by atoms with Gasteiger partial charge in [0, 0.05) is 42.5 Å². The molecule has 0 bridgehead atoms. The normalized spacial score (nSPS) is 16.2. The van der Waals surface area contributed by atoms with Gasteiger partial charge in [-0.1, -0.05) is 22.0 Å². The van der Waals surface area contributed by atoms with Crippen molar-refractivity contribution in [3.05, 3.63) is 52.8 Å². The number of hydrogen-bond donors (Lipinski definition) is 0. The van der Waals surface area contributed by atoms with E-state index in [4.69, 9.17) is 4.74 Å². The van der Waals surface area contributed by atoms with Gasteiger partial charge in [0.2, 0.25) is 11.8 Å². The molecule has 2 aliphatic rings. The Morgan fingerprint density at radius 2 is 1.77 bits per heavy atom. The van der Waals surface area contributed by atoms with Gasteiger partial charge in [0.15, 0.2) is 6.61 Å². The SMILES string of the molecule is O=C(Cc1ccccn1)N1CCN(C(=O)CN2C(=O)COc3cc(Br)ccc32)CC1. The smallest absolute Gasteiger partial charge is 0.265 e. The molecule has 1 saturated heterocycles. The minimum atomic E-state index is -0.248. The number of halogens is 1. The summed E-state index contributed by atoms with van der Waals surface area (Å²) < 4.78 is 6.31. The molecule has 0 saturated carbocycles. The van der Waals surface area contributed by atoms with Crippen LogP contribution in [-0.4, -0.2) is 71.8 Å². The van der Waals surface area contributed by atoms with Crippen LogP contribution in [0.15, 0.2) is 47.1 Å². The van der Waals surface area contributed by atoms with E-state index in [-0.39, 0.29) is 37.3 Å². The number of ether oxygens (including phenoxy) is 1. The van der Waals surface area contributed by atoms with E-state index < -0.39 is 0 Å².